The van der Waals surface area contributed by atoms with Crippen molar-refractivity contribution in [3.05, 3.63) is 30.3 Å². The number of hydrogen-bond acceptors (Lipinski definition) is 3. The lowest BCUT2D eigenvalue weighted by Gasteiger charge is -2.22. The molecule has 0 radical (unpaired) electrons. The molecule has 1 aliphatic rings. The van der Waals surface area contributed by atoms with Crippen LogP contribution in [0.3, 0.4) is 0 Å². The maximum absolute atomic E-state index is 5.66. The zero-order valence-electron chi connectivity index (χ0n) is 13.6. The van der Waals surface area contributed by atoms with Gasteiger partial charge < -0.3 is 19.7 Å². The molecule has 0 saturated heterocycles. The topological polar surface area (TPSA) is 46.1 Å². The average Bonchev–Trinajstić information content (AvgIpc) is 3.37. The first-order chi connectivity index (χ1) is 10.8. The van der Waals surface area contributed by atoms with Gasteiger partial charge >= 0.3 is 0 Å². The fourth-order valence-corrected chi connectivity index (χ4v) is 2.08. The molecular weight excluding hydrogens is 278 g/mol. The fraction of sp³-hybridized carbons (Fsp3) is 0.588. The molecule has 0 amide bonds. The molecule has 1 fully saturated rings. The fourth-order valence-electron chi connectivity index (χ4n) is 2.08. The summed E-state index contributed by atoms with van der Waals surface area (Å²) in [6.45, 7) is 3.81. The summed E-state index contributed by atoms with van der Waals surface area (Å²) >= 11 is 0. The zero-order valence-corrected chi connectivity index (χ0v) is 13.6. The molecule has 0 atom stereocenters. The molecule has 5 heteroatoms. The summed E-state index contributed by atoms with van der Waals surface area (Å²) in [6.07, 6.45) is 2.67. The van der Waals surface area contributed by atoms with Crippen molar-refractivity contribution in [2.45, 2.75) is 12.8 Å². The molecule has 2 rings (SSSR count). The van der Waals surface area contributed by atoms with Crippen molar-refractivity contribution in [2.75, 3.05) is 47.0 Å². The van der Waals surface area contributed by atoms with Gasteiger partial charge in [0.05, 0.1) is 13.2 Å². The first-order valence-corrected chi connectivity index (χ1v) is 7.97. The number of nitrogens with one attached hydrogen (secondary N) is 1. The SMILES string of the molecule is CN=C(NCCOc1ccccc1)N(C)CCOCC1CC1. The van der Waals surface area contributed by atoms with Crippen molar-refractivity contribution in [1.29, 1.82) is 0 Å². The molecule has 22 heavy (non-hydrogen) atoms. The van der Waals surface area contributed by atoms with Gasteiger partial charge in [-0.2, -0.15) is 0 Å². The van der Waals surface area contributed by atoms with E-state index >= 15 is 0 Å². The Morgan fingerprint density at radius 3 is 2.73 bits per heavy atom. The van der Waals surface area contributed by atoms with Crippen LogP contribution in [0.2, 0.25) is 0 Å². The molecule has 122 valence electrons. The number of aliphatic imine (C=N–C) groups is 1. The van der Waals surface area contributed by atoms with Crippen LogP contribution in [0.15, 0.2) is 35.3 Å². The number of hydrogen-bond donors (Lipinski definition) is 1. The van der Waals surface area contributed by atoms with E-state index < -0.39 is 0 Å². The highest BCUT2D eigenvalue weighted by Gasteiger charge is 2.21. The van der Waals surface area contributed by atoms with Gasteiger partial charge in [-0.25, -0.2) is 0 Å². The quantitative estimate of drug-likeness (QED) is 0.431. The molecule has 1 saturated carbocycles. The van der Waals surface area contributed by atoms with Crippen molar-refractivity contribution >= 4 is 5.96 Å². The van der Waals surface area contributed by atoms with Gasteiger partial charge in [0, 0.05) is 27.2 Å². The molecule has 1 aliphatic carbocycles. The van der Waals surface area contributed by atoms with Crippen LogP contribution in [0.1, 0.15) is 12.8 Å². The first-order valence-electron chi connectivity index (χ1n) is 7.97. The van der Waals surface area contributed by atoms with E-state index in [4.69, 9.17) is 9.47 Å². The van der Waals surface area contributed by atoms with Crippen molar-refractivity contribution in [3.63, 3.8) is 0 Å². The lowest BCUT2D eigenvalue weighted by atomic mass is 10.3. The Balaban J connectivity index is 1.57. The standard InChI is InChI=1S/C17H27N3O2/c1-18-17(20(2)11-13-21-14-15-8-9-15)19-10-12-22-16-6-4-3-5-7-16/h3-7,15H,8-14H2,1-2H3,(H,18,19). The van der Waals surface area contributed by atoms with Gasteiger partial charge in [-0.1, -0.05) is 18.2 Å². The predicted molar refractivity (Wildman–Crippen MR) is 89.5 cm³/mol. The second-order valence-electron chi connectivity index (χ2n) is 5.58. The predicted octanol–water partition coefficient (Wildman–Crippen LogP) is 2.00. The van der Waals surface area contributed by atoms with Crippen LogP contribution in [-0.2, 0) is 4.74 Å². The number of likely N-dealkylation sites (N-methyl/N-ethyl adjacent to an activating group) is 1. The molecule has 0 aliphatic heterocycles. The average molecular weight is 305 g/mol. The van der Waals surface area contributed by atoms with Gasteiger partial charge in [0.2, 0.25) is 0 Å². The molecule has 5 nitrogen and oxygen atoms in total. The third kappa shape index (κ3) is 6.35. The Bertz CT molecular complexity index is 446. The highest BCUT2D eigenvalue weighted by molar-refractivity contribution is 5.79. The Labute approximate surface area is 133 Å². The summed E-state index contributed by atoms with van der Waals surface area (Å²) in [6, 6.07) is 9.83. The smallest absolute Gasteiger partial charge is 0.193 e. The van der Waals surface area contributed by atoms with E-state index in [2.05, 4.69) is 15.2 Å². The van der Waals surface area contributed by atoms with E-state index in [-0.39, 0.29) is 0 Å². The van der Waals surface area contributed by atoms with Gasteiger partial charge in [0.15, 0.2) is 5.96 Å². The van der Waals surface area contributed by atoms with Crippen LogP contribution in [0.4, 0.5) is 0 Å². The molecule has 1 aromatic rings. The van der Waals surface area contributed by atoms with Gasteiger partial charge in [-0.05, 0) is 30.9 Å². The molecule has 0 bridgehead atoms. The number of ether oxygens (including phenoxy) is 2. The largest absolute Gasteiger partial charge is 0.492 e. The molecule has 0 unspecified atom stereocenters. The monoisotopic (exact) mass is 305 g/mol. The van der Waals surface area contributed by atoms with Crippen LogP contribution in [-0.4, -0.2) is 57.9 Å². The van der Waals surface area contributed by atoms with Crippen LogP contribution in [0.25, 0.3) is 0 Å². The molecule has 0 aromatic heterocycles. The van der Waals surface area contributed by atoms with Crippen molar-refractivity contribution < 1.29 is 9.47 Å². The van der Waals surface area contributed by atoms with Gasteiger partial charge in [0.25, 0.3) is 0 Å². The summed E-state index contributed by atoms with van der Waals surface area (Å²) in [5.74, 6) is 2.57. The number of benzene rings is 1. The Morgan fingerprint density at radius 2 is 2.05 bits per heavy atom. The van der Waals surface area contributed by atoms with Crippen molar-refractivity contribution in [3.8, 4) is 5.75 Å². The minimum absolute atomic E-state index is 0.606. The Morgan fingerprint density at radius 1 is 1.27 bits per heavy atom. The summed E-state index contributed by atoms with van der Waals surface area (Å²) in [4.78, 5) is 6.36. The van der Waals surface area contributed by atoms with Crippen molar-refractivity contribution in [1.82, 2.24) is 10.2 Å². The number of rotatable bonds is 9. The number of guanidine groups is 1. The summed E-state index contributed by atoms with van der Waals surface area (Å²) in [7, 11) is 3.82. The molecule has 0 heterocycles. The lowest BCUT2D eigenvalue weighted by Crippen LogP contribution is -2.42. The van der Waals surface area contributed by atoms with E-state index in [1.807, 2.05) is 37.4 Å². The van der Waals surface area contributed by atoms with Crippen molar-refractivity contribution in [2.24, 2.45) is 10.9 Å². The molecule has 1 aromatic carbocycles. The minimum Gasteiger partial charge on any atom is -0.492 e. The van der Waals surface area contributed by atoms with E-state index in [0.717, 1.165) is 43.9 Å². The van der Waals surface area contributed by atoms with E-state index in [1.165, 1.54) is 12.8 Å². The highest BCUT2D eigenvalue weighted by Crippen LogP contribution is 2.28. The lowest BCUT2D eigenvalue weighted by molar-refractivity contribution is 0.115. The number of nitrogens with zero attached hydrogens (tertiary/aromatic N) is 2. The maximum atomic E-state index is 5.66. The van der Waals surface area contributed by atoms with E-state index in [1.54, 1.807) is 7.05 Å². The normalized spacial score (nSPS) is 14.7. The molecule has 1 N–H and O–H groups in total. The minimum atomic E-state index is 0.606. The van der Waals surface area contributed by atoms with Crippen LogP contribution >= 0.6 is 0 Å². The molecular formula is C17H27N3O2. The third-order valence-corrected chi connectivity index (χ3v) is 3.59. The second-order valence-corrected chi connectivity index (χ2v) is 5.58. The van der Waals surface area contributed by atoms with E-state index in [9.17, 15) is 0 Å². The van der Waals surface area contributed by atoms with Crippen LogP contribution in [0.5, 0.6) is 5.75 Å². The Kier molecular flexibility index (Phi) is 7.03. The van der Waals surface area contributed by atoms with Crippen LogP contribution < -0.4 is 10.1 Å². The summed E-state index contributed by atoms with van der Waals surface area (Å²) < 4.78 is 11.3. The van der Waals surface area contributed by atoms with E-state index in [0.29, 0.717) is 6.61 Å². The van der Waals surface area contributed by atoms with Crippen LogP contribution in [0, 0.1) is 5.92 Å². The molecule has 0 spiro atoms. The Hall–Kier alpha value is -1.75. The summed E-state index contributed by atoms with van der Waals surface area (Å²) in [5, 5.41) is 3.30. The third-order valence-electron chi connectivity index (χ3n) is 3.59. The first kappa shape index (κ1) is 16.6. The summed E-state index contributed by atoms with van der Waals surface area (Å²) in [5.41, 5.74) is 0. The van der Waals surface area contributed by atoms with Gasteiger partial charge in [0.1, 0.15) is 12.4 Å². The second kappa shape index (κ2) is 9.30. The van der Waals surface area contributed by atoms with Gasteiger partial charge in [-0.3, -0.25) is 4.99 Å². The number of para-hydroxylation sites is 1. The maximum Gasteiger partial charge on any atom is 0.193 e. The highest BCUT2D eigenvalue weighted by atomic mass is 16.5. The van der Waals surface area contributed by atoms with Gasteiger partial charge in [-0.15, -0.1) is 0 Å². The zero-order chi connectivity index (χ0) is 15.6.